The lowest BCUT2D eigenvalue weighted by Gasteiger charge is -2.32. The van der Waals surface area contributed by atoms with Crippen molar-refractivity contribution in [3.05, 3.63) is 17.9 Å². The van der Waals surface area contributed by atoms with Crippen molar-refractivity contribution in [1.82, 2.24) is 4.31 Å². The molecule has 1 aromatic heterocycles. The lowest BCUT2D eigenvalue weighted by Crippen LogP contribution is -2.41. The highest BCUT2D eigenvalue weighted by Crippen LogP contribution is 2.28. The van der Waals surface area contributed by atoms with E-state index in [4.69, 9.17) is 4.42 Å². The van der Waals surface area contributed by atoms with Gasteiger partial charge in [-0.3, -0.25) is 4.79 Å². The van der Waals surface area contributed by atoms with E-state index < -0.39 is 10.0 Å². The molecular formula is C10H13NO4S. The number of rotatable bonds is 4. The van der Waals surface area contributed by atoms with Gasteiger partial charge in [-0.05, 0) is 25.0 Å². The fraction of sp³-hybridized carbons (Fsp3) is 0.500. The van der Waals surface area contributed by atoms with E-state index in [1.54, 1.807) is 7.05 Å². The van der Waals surface area contributed by atoms with E-state index in [9.17, 15) is 13.2 Å². The zero-order valence-electron chi connectivity index (χ0n) is 8.92. The Hall–Kier alpha value is -1.14. The van der Waals surface area contributed by atoms with Crippen molar-refractivity contribution < 1.29 is 17.6 Å². The molecule has 0 unspecified atom stereocenters. The van der Waals surface area contributed by atoms with Gasteiger partial charge in [-0.1, -0.05) is 6.42 Å². The maximum absolute atomic E-state index is 12.0. The van der Waals surface area contributed by atoms with Crippen LogP contribution in [0.5, 0.6) is 0 Å². The molecule has 6 heteroatoms. The minimum atomic E-state index is -3.58. The number of nitrogens with zero attached hydrogens (tertiary/aromatic N) is 1. The molecule has 0 aliphatic heterocycles. The Morgan fingerprint density at radius 2 is 2.12 bits per heavy atom. The van der Waals surface area contributed by atoms with Crippen LogP contribution < -0.4 is 0 Å². The van der Waals surface area contributed by atoms with E-state index in [2.05, 4.69) is 0 Å². The molecule has 0 aromatic carbocycles. The van der Waals surface area contributed by atoms with Gasteiger partial charge in [0, 0.05) is 13.1 Å². The summed E-state index contributed by atoms with van der Waals surface area (Å²) in [5.74, 6) is 0.0283. The highest BCUT2D eigenvalue weighted by atomic mass is 32.2. The highest BCUT2D eigenvalue weighted by molar-refractivity contribution is 7.89. The summed E-state index contributed by atoms with van der Waals surface area (Å²) in [7, 11) is -2.04. The highest BCUT2D eigenvalue weighted by Gasteiger charge is 2.33. The summed E-state index contributed by atoms with van der Waals surface area (Å²) in [6, 6.07) is 2.73. The van der Waals surface area contributed by atoms with E-state index in [0.717, 1.165) is 19.3 Å². The first-order valence-electron chi connectivity index (χ1n) is 5.09. The van der Waals surface area contributed by atoms with Crippen molar-refractivity contribution in [2.24, 2.45) is 0 Å². The van der Waals surface area contributed by atoms with Crippen molar-refractivity contribution in [3.63, 3.8) is 0 Å². The average Bonchev–Trinajstić information content (AvgIpc) is 2.63. The Morgan fingerprint density at radius 1 is 1.44 bits per heavy atom. The predicted octanol–water partition coefficient (Wildman–Crippen LogP) is 1.27. The molecule has 1 aliphatic rings. The lowest BCUT2D eigenvalue weighted by molar-refractivity contribution is 0.109. The molecule has 1 fully saturated rings. The molecule has 0 bridgehead atoms. The van der Waals surface area contributed by atoms with Gasteiger partial charge in [0.25, 0.3) is 10.0 Å². The zero-order chi connectivity index (χ0) is 11.8. The summed E-state index contributed by atoms with van der Waals surface area (Å²) < 4.78 is 30.3. The lowest BCUT2D eigenvalue weighted by atomic mass is 9.94. The van der Waals surface area contributed by atoms with Crippen LogP contribution in [0.15, 0.2) is 21.6 Å². The molecule has 0 amide bonds. The summed E-state index contributed by atoms with van der Waals surface area (Å²) in [6.45, 7) is 0. The molecule has 16 heavy (non-hydrogen) atoms. The Balaban J connectivity index is 2.26. The van der Waals surface area contributed by atoms with Crippen LogP contribution in [-0.4, -0.2) is 32.1 Å². The standard InChI is InChI=1S/C10H13NO4S/c1-11(8-3-2-4-8)16(13,14)10-6-5-9(7-12)15-10/h5-8H,2-4H2,1H3. The van der Waals surface area contributed by atoms with Crippen molar-refractivity contribution >= 4 is 16.3 Å². The van der Waals surface area contributed by atoms with Gasteiger partial charge in [0.05, 0.1) is 0 Å². The van der Waals surface area contributed by atoms with Gasteiger partial charge in [-0.15, -0.1) is 0 Å². The Morgan fingerprint density at radius 3 is 2.56 bits per heavy atom. The summed E-state index contributed by atoms with van der Waals surface area (Å²) >= 11 is 0. The number of carbonyl (C=O) groups excluding carboxylic acids is 1. The van der Waals surface area contributed by atoms with Gasteiger partial charge in [0.15, 0.2) is 12.0 Å². The number of hydrogen-bond donors (Lipinski definition) is 0. The quantitative estimate of drug-likeness (QED) is 0.747. The largest absolute Gasteiger partial charge is 0.440 e. The predicted molar refractivity (Wildman–Crippen MR) is 56.7 cm³/mol. The SMILES string of the molecule is CN(C1CCC1)S(=O)(=O)c1ccc(C=O)o1. The Bertz CT molecular complexity index is 487. The summed E-state index contributed by atoms with van der Waals surface area (Å²) in [6.07, 6.45) is 3.32. The molecule has 1 aliphatic carbocycles. The van der Waals surface area contributed by atoms with Gasteiger partial charge >= 0.3 is 0 Å². The van der Waals surface area contributed by atoms with Crippen molar-refractivity contribution in [2.75, 3.05) is 7.05 Å². The van der Waals surface area contributed by atoms with E-state index in [-0.39, 0.29) is 16.9 Å². The van der Waals surface area contributed by atoms with Crippen molar-refractivity contribution in [1.29, 1.82) is 0 Å². The number of carbonyl (C=O) groups is 1. The maximum Gasteiger partial charge on any atom is 0.276 e. The first kappa shape index (κ1) is 11.3. The van der Waals surface area contributed by atoms with Crippen LogP contribution in [0.3, 0.4) is 0 Å². The molecule has 0 N–H and O–H groups in total. The zero-order valence-corrected chi connectivity index (χ0v) is 9.74. The molecule has 5 nitrogen and oxygen atoms in total. The third kappa shape index (κ3) is 1.78. The molecule has 0 saturated heterocycles. The summed E-state index contributed by atoms with van der Waals surface area (Å²) in [5.41, 5.74) is 0. The van der Waals surface area contributed by atoms with Gasteiger partial charge in [-0.25, -0.2) is 8.42 Å². The third-order valence-electron chi connectivity index (χ3n) is 2.94. The molecular weight excluding hydrogens is 230 g/mol. The van der Waals surface area contributed by atoms with Crippen molar-refractivity contribution in [2.45, 2.75) is 30.4 Å². The molecule has 1 heterocycles. The van der Waals surface area contributed by atoms with E-state index in [0.29, 0.717) is 6.29 Å². The van der Waals surface area contributed by atoms with E-state index >= 15 is 0 Å². The Labute approximate surface area is 94.1 Å². The van der Waals surface area contributed by atoms with E-state index in [1.165, 1.54) is 16.4 Å². The van der Waals surface area contributed by atoms with Gasteiger partial charge in [-0.2, -0.15) is 4.31 Å². The summed E-state index contributed by atoms with van der Waals surface area (Å²) in [4.78, 5) is 10.4. The second-order valence-corrected chi connectivity index (χ2v) is 5.81. The van der Waals surface area contributed by atoms with Crippen LogP contribution in [0.1, 0.15) is 29.8 Å². The van der Waals surface area contributed by atoms with Crippen LogP contribution in [-0.2, 0) is 10.0 Å². The molecule has 0 spiro atoms. The third-order valence-corrected chi connectivity index (χ3v) is 4.72. The monoisotopic (exact) mass is 243 g/mol. The maximum atomic E-state index is 12.0. The number of furan rings is 1. The number of hydrogen-bond acceptors (Lipinski definition) is 4. The minimum Gasteiger partial charge on any atom is -0.440 e. The van der Waals surface area contributed by atoms with Crippen molar-refractivity contribution in [3.8, 4) is 0 Å². The Kier molecular flexibility index (Phi) is 2.86. The van der Waals surface area contributed by atoms with Crippen LogP contribution in [0.25, 0.3) is 0 Å². The first-order valence-corrected chi connectivity index (χ1v) is 6.53. The summed E-state index contributed by atoms with van der Waals surface area (Å²) in [5, 5.41) is -0.163. The minimum absolute atomic E-state index is 0.0283. The molecule has 0 atom stereocenters. The van der Waals surface area contributed by atoms with Gasteiger partial charge < -0.3 is 4.42 Å². The fourth-order valence-corrected chi connectivity index (χ4v) is 2.95. The second-order valence-electron chi connectivity index (χ2n) is 3.88. The molecule has 1 aromatic rings. The molecule has 88 valence electrons. The smallest absolute Gasteiger partial charge is 0.276 e. The fourth-order valence-electron chi connectivity index (χ4n) is 1.62. The second kappa shape index (κ2) is 4.03. The van der Waals surface area contributed by atoms with Crippen LogP contribution in [0.2, 0.25) is 0 Å². The topological polar surface area (TPSA) is 67.6 Å². The van der Waals surface area contributed by atoms with Crippen LogP contribution in [0, 0.1) is 0 Å². The molecule has 0 radical (unpaired) electrons. The first-order chi connectivity index (χ1) is 7.55. The molecule has 2 rings (SSSR count). The van der Waals surface area contributed by atoms with Crippen LogP contribution >= 0.6 is 0 Å². The van der Waals surface area contributed by atoms with E-state index in [1.807, 2.05) is 0 Å². The molecule has 1 saturated carbocycles. The number of sulfonamides is 1. The number of aldehydes is 1. The normalized spacial score (nSPS) is 17.4. The van der Waals surface area contributed by atoms with Gasteiger partial charge in [0.2, 0.25) is 5.09 Å². The van der Waals surface area contributed by atoms with Crippen LogP contribution in [0.4, 0.5) is 0 Å². The van der Waals surface area contributed by atoms with Gasteiger partial charge in [0.1, 0.15) is 0 Å². The average molecular weight is 243 g/mol.